The molecule has 13 nitrogen and oxygen atoms in total. The number of nitrogens with zero attached hydrogens (tertiary/aromatic N) is 6. The van der Waals surface area contributed by atoms with Gasteiger partial charge in [0.05, 0.1) is 19.3 Å². The van der Waals surface area contributed by atoms with E-state index in [4.69, 9.17) is 24.2 Å². The van der Waals surface area contributed by atoms with Crippen molar-refractivity contribution in [2.75, 3.05) is 36.9 Å². The molecule has 7 rings (SSSR count). The van der Waals surface area contributed by atoms with Crippen molar-refractivity contribution in [1.29, 1.82) is 0 Å². The molecule has 1 saturated carbocycles. The van der Waals surface area contributed by atoms with Crippen molar-refractivity contribution in [1.82, 2.24) is 29.4 Å². The van der Waals surface area contributed by atoms with E-state index >= 15 is 0 Å². The minimum atomic E-state index is -0.548. The number of fused-ring (bicyclic) bond motifs is 3. The monoisotopic (exact) mass is 582 g/mol. The molecule has 4 aliphatic heterocycles. The number of carbonyl (C=O) groups excluding carboxylic acids is 2. The lowest BCUT2D eigenvalue weighted by atomic mass is 9.98. The zero-order chi connectivity index (χ0) is 29.0. The maximum atomic E-state index is 13.2. The van der Waals surface area contributed by atoms with Crippen LogP contribution in [0.25, 0.3) is 5.65 Å². The molecule has 0 radical (unpaired) electrons. The van der Waals surface area contributed by atoms with Crippen LogP contribution in [-0.4, -0.2) is 104 Å². The third kappa shape index (κ3) is 5.67. The zero-order valence-corrected chi connectivity index (χ0v) is 24.8. The van der Waals surface area contributed by atoms with Gasteiger partial charge in [0.2, 0.25) is 11.9 Å². The first-order chi connectivity index (χ1) is 20.2. The van der Waals surface area contributed by atoms with Crippen molar-refractivity contribution in [3.63, 3.8) is 0 Å². The Bertz CT molecular complexity index is 1310. The van der Waals surface area contributed by atoms with Crippen molar-refractivity contribution in [2.24, 2.45) is 0 Å². The molecule has 2 atom stereocenters. The molecular formula is C29H42N8O5. The van der Waals surface area contributed by atoms with E-state index in [0.717, 1.165) is 57.4 Å². The number of amides is 2. The Hall–Kier alpha value is -3.35. The average Bonchev–Trinajstić information content (AvgIpc) is 3.60. The van der Waals surface area contributed by atoms with E-state index in [-0.39, 0.29) is 36.4 Å². The number of hydrogen-bond acceptors (Lipinski definition) is 10. The number of aromatic nitrogens is 4. The van der Waals surface area contributed by atoms with Gasteiger partial charge in [-0.1, -0.05) is 0 Å². The highest BCUT2D eigenvalue weighted by atomic mass is 16.6. The summed E-state index contributed by atoms with van der Waals surface area (Å²) in [7, 11) is 0. The van der Waals surface area contributed by atoms with Crippen LogP contribution in [0.3, 0.4) is 0 Å². The van der Waals surface area contributed by atoms with Crippen LogP contribution >= 0.6 is 0 Å². The molecule has 2 amide bonds. The van der Waals surface area contributed by atoms with Crippen molar-refractivity contribution >= 4 is 29.7 Å². The van der Waals surface area contributed by atoms with Crippen LogP contribution in [-0.2, 0) is 14.2 Å². The molecule has 5 aliphatic rings. The van der Waals surface area contributed by atoms with Crippen molar-refractivity contribution in [3.8, 4) is 0 Å². The van der Waals surface area contributed by atoms with Gasteiger partial charge in [0.15, 0.2) is 5.65 Å². The number of rotatable bonds is 6. The van der Waals surface area contributed by atoms with Crippen LogP contribution in [0.5, 0.6) is 0 Å². The number of ether oxygens (including phenoxy) is 3. The average molecular weight is 583 g/mol. The van der Waals surface area contributed by atoms with Gasteiger partial charge in [-0.3, -0.25) is 0 Å². The van der Waals surface area contributed by atoms with E-state index in [1.54, 1.807) is 4.90 Å². The summed E-state index contributed by atoms with van der Waals surface area (Å²) in [5.41, 5.74) is 1.51. The van der Waals surface area contributed by atoms with Crippen LogP contribution in [0.2, 0.25) is 0 Å². The lowest BCUT2D eigenvalue weighted by Crippen LogP contribution is -2.58. The summed E-state index contributed by atoms with van der Waals surface area (Å²) in [6, 6.07) is 0.652. The van der Waals surface area contributed by atoms with Crippen LogP contribution in [0.15, 0.2) is 6.20 Å². The number of carbonyl (C=O) groups is 2. The fourth-order valence-electron chi connectivity index (χ4n) is 6.73. The van der Waals surface area contributed by atoms with Gasteiger partial charge in [0.25, 0.3) is 0 Å². The smallest absolute Gasteiger partial charge is 0.410 e. The van der Waals surface area contributed by atoms with Gasteiger partial charge in [-0.2, -0.15) is 19.6 Å². The molecule has 6 heterocycles. The molecule has 2 N–H and O–H groups in total. The van der Waals surface area contributed by atoms with Crippen LogP contribution in [0.4, 0.5) is 21.5 Å². The Morgan fingerprint density at radius 2 is 1.64 bits per heavy atom. The van der Waals surface area contributed by atoms with E-state index in [1.807, 2.05) is 36.4 Å². The maximum Gasteiger partial charge on any atom is 0.410 e. The second-order valence-electron chi connectivity index (χ2n) is 13.5. The molecule has 42 heavy (non-hydrogen) atoms. The number of likely N-dealkylation sites (tertiary alicyclic amines) is 1. The fraction of sp³-hybridized carbons (Fsp3) is 0.759. The largest absolute Gasteiger partial charge is 0.444 e. The Morgan fingerprint density at radius 3 is 2.31 bits per heavy atom. The number of anilines is 2. The molecule has 2 aromatic heterocycles. The minimum absolute atomic E-state index is 0.104. The van der Waals surface area contributed by atoms with E-state index < -0.39 is 5.60 Å². The van der Waals surface area contributed by atoms with E-state index in [2.05, 4.69) is 15.7 Å². The quantitative estimate of drug-likeness (QED) is 0.518. The highest BCUT2D eigenvalue weighted by Gasteiger charge is 2.46. The molecule has 228 valence electrons. The van der Waals surface area contributed by atoms with E-state index in [0.29, 0.717) is 36.9 Å². The predicted molar refractivity (Wildman–Crippen MR) is 154 cm³/mol. The molecule has 1 aliphatic carbocycles. The first-order valence-corrected chi connectivity index (χ1v) is 15.5. The fourth-order valence-corrected chi connectivity index (χ4v) is 6.73. The summed E-state index contributed by atoms with van der Waals surface area (Å²) in [6.07, 6.45) is 8.75. The van der Waals surface area contributed by atoms with Crippen molar-refractivity contribution < 1.29 is 23.8 Å². The van der Waals surface area contributed by atoms with Crippen LogP contribution < -0.4 is 10.6 Å². The predicted octanol–water partition coefficient (Wildman–Crippen LogP) is 3.76. The molecule has 0 aromatic carbocycles. The third-order valence-corrected chi connectivity index (χ3v) is 9.01. The second-order valence-corrected chi connectivity index (χ2v) is 13.5. The summed E-state index contributed by atoms with van der Waals surface area (Å²) >= 11 is 0. The topological polar surface area (TPSA) is 135 Å². The Kier molecular flexibility index (Phi) is 7.02. The summed E-state index contributed by atoms with van der Waals surface area (Å²) in [6.45, 7) is 7.76. The van der Waals surface area contributed by atoms with E-state index in [1.165, 1.54) is 18.4 Å². The number of hydrogen-bond donors (Lipinski definition) is 2. The minimum Gasteiger partial charge on any atom is -0.444 e. The SMILES string of the molecule is CC(C)(C)OC(=O)N1CC(OC(=O)N2C3CCC2CC(Nc2nc(NC4CCOCC4)nc4c(C5CC5)cnn24)C3)C1. The zero-order valence-electron chi connectivity index (χ0n) is 24.8. The van der Waals surface area contributed by atoms with E-state index in [9.17, 15) is 9.59 Å². The molecule has 13 heteroatoms. The number of piperidine rings is 1. The number of nitrogens with one attached hydrogen (secondary N) is 2. The lowest BCUT2D eigenvalue weighted by Gasteiger charge is -2.42. The summed E-state index contributed by atoms with van der Waals surface area (Å²) in [5, 5.41) is 11.9. The van der Waals surface area contributed by atoms with Gasteiger partial charge in [-0.25, -0.2) is 9.59 Å². The molecule has 0 spiro atoms. The first kappa shape index (κ1) is 27.5. The summed E-state index contributed by atoms with van der Waals surface area (Å²) in [4.78, 5) is 38.7. The van der Waals surface area contributed by atoms with Gasteiger partial charge in [-0.15, -0.1) is 0 Å². The van der Waals surface area contributed by atoms with Gasteiger partial charge in [0, 0.05) is 42.9 Å². The first-order valence-electron chi connectivity index (χ1n) is 15.5. The molecule has 2 unspecified atom stereocenters. The van der Waals surface area contributed by atoms with Crippen molar-refractivity contribution in [3.05, 3.63) is 11.8 Å². The van der Waals surface area contributed by atoms with Crippen molar-refractivity contribution in [2.45, 2.75) is 114 Å². The summed E-state index contributed by atoms with van der Waals surface area (Å²) < 4.78 is 18.6. The maximum absolute atomic E-state index is 13.2. The van der Waals surface area contributed by atoms with Crippen LogP contribution in [0.1, 0.15) is 83.6 Å². The Morgan fingerprint density at radius 1 is 0.929 bits per heavy atom. The molecular weight excluding hydrogens is 540 g/mol. The van der Waals surface area contributed by atoms with Gasteiger partial charge in [-0.05, 0) is 78.1 Å². The second kappa shape index (κ2) is 10.7. The summed E-state index contributed by atoms with van der Waals surface area (Å²) in [5.74, 6) is 1.85. The third-order valence-electron chi connectivity index (χ3n) is 9.01. The molecule has 5 fully saturated rings. The van der Waals surface area contributed by atoms with Gasteiger partial charge >= 0.3 is 12.2 Å². The highest BCUT2D eigenvalue weighted by Crippen LogP contribution is 2.42. The van der Waals surface area contributed by atoms with Crippen LogP contribution in [0, 0.1) is 0 Å². The van der Waals surface area contributed by atoms with Gasteiger partial charge < -0.3 is 34.6 Å². The Balaban J connectivity index is 0.996. The molecule has 4 saturated heterocycles. The van der Waals surface area contributed by atoms with Gasteiger partial charge in [0.1, 0.15) is 11.7 Å². The molecule has 2 aromatic rings. The normalized spacial score (nSPS) is 26.7. The Labute approximate surface area is 245 Å². The molecule has 2 bridgehead atoms. The lowest BCUT2D eigenvalue weighted by molar-refractivity contribution is -0.0485. The highest BCUT2D eigenvalue weighted by molar-refractivity contribution is 5.71. The standard InChI is InChI=1S/C29H42N8O5/c1-29(2,3)42-27(38)35-15-22(16-35)41-28(39)36-20-6-7-21(36)13-19(12-20)32-26-34-25(31-18-8-10-40-11-9-18)33-24-23(17-4-5-17)14-30-37(24)26/h14,17-22H,4-13,15-16H2,1-3H3,(H2,31,32,33,34).